The van der Waals surface area contributed by atoms with Gasteiger partial charge in [0.05, 0.1) is 17.1 Å². The molecule has 2 aliphatic rings. The zero-order valence-electron chi connectivity index (χ0n) is 19.8. The number of thiazole rings is 1. The van der Waals surface area contributed by atoms with Crippen LogP contribution < -0.4 is 0 Å². The van der Waals surface area contributed by atoms with Crippen molar-refractivity contribution in [2.45, 2.75) is 19.5 Å². The van der Waals surface area contributed by atoms with Crippen molar-refractivity contribution in [1.82, 2.24) is 29.5 Å². The number of thiophene rings is 1. The number of fused-ring (bicyclic) bond motifs is 1. The van der Waals surface area contributed by atoms with Crippen LogP contribution in [0.25, 0.3) is 10.2 Å². The van der Waals surface area contributed by atoms with Crippen molar-refractivity contribution in [2.75, 3.05) is 39.3 Å². The van der Waals surface area contributed by atoms with E-state index in [0.717, 1.165) is 52.5 Å². The molecule has 6 rings (SSSR count). The number of benzene rings is 1. The van der Waals surface area contributed by atoms with Gasteiger partial charge in [0.15, 0.2) is 5.01 Å². The lowest BCUT2D eigenvalue weighted by Crippen LogP contribution is -2.64. The molecular weight excluding hydrogens is 516 g/mol. The van der Waals surface area contributed by atoms with Crippen LogP contribution in [-0.4, -0.2) is 86.6 Å². The fourth-order valence-corrected chi connectivity index (χ4v) is 6.71. The first kappa shape index (κ1) is 23.6. The van der Waals surface area contributed by atoms with Crippen LogP contribution >= 0.6 is 34.3 Å². The maximum absolute atomic E-state index is 13.2. The number of hydrogen-bond acceptors (Lipinski definition) is 7. The molecule has 5 heterocycles. The number of rotatable bonds is 5. The minimum Gasteiger partial charge on any atom is -0.335 e. The van der Waals surface area contributed by atoms with Gasteiger partial charge in [-0.2, -0.15) is 5.10 Å². The molecule has 0 unspecified atom stereocenters. The summed E-state index contributed by atoms with van der Waals surface area (Å²) < 4.78 is 1.97. The van der Waals surface area contributed by atoms with E-state index in [1.165, 1.54) is 22.7 Å². The molecule has 2 amide bonds. The molecule has 0 bridgehead atoms. The van der Waals surface area contributed by atoms with Gasteiger partial charge in [-0.1, -0.05) is 23.7 Å². The molecule has 186 valence electrons. The van der Waals surface area contributed by atoms with E-state index in [1.54, 1.807) is 6.20 Å². The van der Waals surface area contributed by atoms with Crippen molar-refractivity contribution in [3.05, 3.63) is 68.1 Å². The minimum absolute atomic E-state index is 0.0183. The first-order chi connectivity index (χ1) is 17.5. The largest absolute Gasteiger partial charge is 0.335 e. The van der Waals surface area contributed by atoms with Crippen LogP contribution in [0.15, 0.2) is 41.9 Å². The average Bonchev–Trinajstić information content (AvgIpc) is 3.59. The molecule has 1 aromatic carbocycles. The minimum atomic E-state index is 0.0183. The average molecular weight is 541 g/mol. The van der Waals surface area contributed by atoms with E-state index in [9.17, 15) is 9.59 Å². The Morgan fingerprint density at radius 3 is 2.50 bits per heavy atom. The summed E-state index contributed by atoms with van der Waals surface area (Å²) in [6.07, 6.45) is 1.67. The molecule has 0 radical (unpaired) electrons. The predicted molar refractivity (Wildman–Crippen MR) is 142 cm³/mol. The number of aryl methyl sites for hydroxylation is 1. The number of halogens is 1. The lowest BCUT2D eigenvalue weighted by Gasteiger charge is -2.47. The number of nitrogens with zero attached hydrogens (tertiary/aromatic N) is 6. The van der Waals surface area contributed by atoms with Gasteiger partial charge in [-0.15, -0.1) is 22.7 Å². The molecule has 36 heavy (non-hydrogen) atoms. The molecule has 2 aliphatic heterocycles. The van der Waals surface area contributed by atoms with Gasteiger partial charge in [0.25, 0.3) is 11.8 Å². The fraction of sp³-hybridized carbons (Fsp3) is 0.360. The van der Waals surface area contributed by atoms with E-state index in [0.29, 0.717) is 35.7 Å². The Morgan fingerprint density at radius 1 is 1.06 bits per heavy atom. The number of aromatic nitrogens is 3. The third kappa shape index (κ3) is 4.43. The molecule has 2 saturated heterocycles. The molecule has 8 nitrogen and oxygen atoms in total. The van der Waals surface area contributed by atoms with Gasteiger partial charge in [0.2, 0.25) is 0 Å². The lowest BCUT2D eigenvalue weighted by molar-refractivity contribution is 0.00879. The van der Waals surface area contributed by atoms with Crippen molar-refractivity contribution in [3.8, 4) is 0 Å². The number of hydrogen-bond donors (Lipinski definition) is 0. The van der Waals surface area contributed by atoms with Crippen molar-refractivity contribution in [3.63, 3.8) is 0 Å². The van der Waals surface area contributed by atoms with E-state index in [4.69, 9.17) is 11.6 Å². The maximum Gasteiger partial charge on any atom is 0.282 e. The Balaban J connectivity index is 1.06. The number of carbonyl (C=O) groups is 2. The zero-order valence-corrected chi connectivity index (χ0v) is 22.2. The topological polar surface area (TPSA) is 74.6 Å². The molecule has 4 aromatic rings. The van der Waals surface area contributed by atoms with Gasteiger partial charge in [-0.05, 0) is 30.7 Å². The number of likely N-dealkylation sites (tertiary alicyclic amines) is 1. The number of carbonyl (C=O) groups excluding carboxylic acids is 2. The molecule has 2 fully saturated rings. The second-order valence-corrected chi connectivity index (χ2v) is 11.6. The van der Waals surface area contributed by atoms with Gasteiger partial charge in [-0.25, -0.2) is 4.98 Å². The summed E-state index contributed by atoms with van der Waals surface area (Å²) in [4.78, 5) is 37.9. The standard InChI is InChI=1S/C25H25ClN6O2S2/c1-16-20-12-21(36-25(20)32(28-16)13-17-2-4-18(26)5-3-17)23(33)31-14-19(15-31)29-7-9-30(10-8-29)24(34)22-27-6-11-35-22/h2-6,11-12,19H,7-10,13-15H2,1H3. The smallest absolute Gasteiger partial charge is 0.282 e. The van der Waals surface area contributed by atoms with E-state index < -0.39 is 0 Å². The van der Waals surface area contributed by atoms with E-state index in [2.05, 4.69) is 15.0 Å². The molecule has 0 atom stereocenters. The highest BCUT2D eigenvalue weighted by molar-refractivity contribution is 7.20. The SMILES string of the molecule is Cc1nn(Cc2ccc(Cl)cc2)c2sc(C(=O)N3CC(N4CCN(C(=O)c5nccs5)CC4)C3)cc12. The van der Waals surface area contributed by atoms with Crippen LogP contribution in [0.3, 0.4) is 0 Å². The van der Waals surface area contributed by atoms with Crippen LogP contribution in [0.2, 0.25) is 5.02 Å². The highest BCUT2D eigenvalue weighted by Crippen LogP contribution is 2.31. The molecule has 11 heteroatoms. The second kappa shape index (κ2) is 9.59. The van der Waals surface area contributed by atoms with Crippen molar-refractivity contribution in [1.29, 1.82) is 0 Å². The molecule has 0 saturated carbocycles. The molecular formula is C25H25ClN6O2S2. The summed E-state index contributed by atoms with van der Waals surface area (Å²) in [7, 11) is 0. The van der Waals surface area contributed by atoms with Crippen molar-refractivity contribution in [2.24, 2.45) is 0 Å². The van der Waals surface area contributed by atoms with Crippen LogP contribution in [-0.2, 0) is 6.54 Å². The number of amides is 2. The van der Waals surface area contributed by atoms with Crippen LogP contribution in [0.5, 0.6) is 0 Å². The summed E-state index contributed by atoms with van der Waals surface area (Å²) in [5.74, 6) is 0.104. The van der Waals surface area contributed by atoms with Crippen LogP contribution in [0.4, 0.5) is 0 Å². The second-order valence-electron chi connectivity index (χ2n) is 9.23. The van der Waals surface area contributed by atoms with Crippen molar-refractivity contribution >= 4 is 56.3 Å². The Bertz CT molecular complexity index is 1400. The Labute approximate surface area is 221 Å². The fourth-order valence-electron chi connectivity index (χ4n) is 4.85. The van der Waals surface area contributed by atoms with Gasteiger partial charge < -0.3 is 9.80 Å². The van der Waals surface area contributed by atoms with Crippen LogP contribution in [0, 0.1) is 6.92 Å². The Kier molecular flexibility index (Phi) is 6.28. The summed E-state index contributed by atoms with van der Waals surface area (Å²) in [5, 5.41) is 8.82. The maximum atomic E-state index is 13.2. The van der Waals surface area contributed by atoms with E-state index >= 15 is 0 Å². The predicted octanol–water partition coefficient (Wildman–Crippen LogP) is 3.85. The zero-order chi connectivity index (χ0) is 24.8. The quantitative estimate of drug-likeness (QED) is 0.384. The Morgan fingerprint density at radius 2 is 1.81 bits per heavy atom. The van der Waals surface area contributed by atoms with Crippen LogP contribution in [0.1, 0.15) is 30.7 Å². The van der Waals surface area contributed by atoms with Gasteiger partial charge in [0, 0.05) is 67.3 Å². The third-order valence-corrected chi connectivity index (χ3v) is 9.10. The summed E-state index contributed by atoms with van der Waals surface area (Å²) in [6.45, 7) is 7.12. The summed E-state index contributed by atoms with van der Waals surface area (Å²) >= 11 is 8.91. The third-order valence-electron chi connectivity index (χ3n) is 6.95. The summed E-state index contributed by atoms with van der Waals surface area (Å²) in [6, 6.07) is 10.1. The van der Waals surface area contributed by atoms with Crippen molar-refractivity contribution < 1.29 is 9.59 Å². The summed E-state index contributed by atoms with van der Waals surface area (Å²) in [5.41, 5.74) is 2.05. The van der Waals surface area contributed by atoms with Gasteiger partial charge in [-0.3, -0.25) is 19.2 Å². The monoisotopic (exact) mass is 540 g/mol. The lowest BCUT2D eigenvalue weighted by atomic mass is 10.1. The first-order valence-electron chi connectivity index (χ1n) is 11.9. The van der Waals surface area contributed by atoms with E-state index in [-0.39, 0.29) is 11.8 Å². The Hall–Kier alpha value is -2.79. The highest BCUT2D eigenvalue weighted by atomic mass is 35.5. The molecule has 3 aromatic heterocycles. The van der Waals surface area contributed by atoms with Gasteiger partial charge >= 0.3 is 0 Å². The molecule has 0 aliphatic carbocycles. The highest BCUT2D eigenvalue weighted by Gasteiger charge is 2.37. The van der Waals surface area contributed by atoms with Gasteiger partial charge in [0.1, 0.15) is 4.83 Å². The first-order valence-corrected chi connectivity index (χ1v) is 14.0. The van der Waals surface area contributed by atoms with E-state index in [1.807, 2.05) is 57.1 Å². The normalized spacial score (nSPS) is 17.1. The molecule has 0 N–H and O–H groups in total. The molecule has 0 spiro atoms. The number of piperazine rings is 1.